The van der Waals surface area contributed by atoms with Crippen molar-refractivity contribution in [2.45, 2.75) is 30.9 Å². The van der Waals surface area contributed by atoms with Crippen LogP contribution in [-0.4, -0.2) is 51.5 Å². The van der Waals surface area contributed by atoms with Crippen molar-refractivity contribution in [3.63, 3.8) is 0 Å². The summed E-state index contributed by atoms with van der Waals surface area (Å²) in [6.07, 6.45) is -6.41. The fourth-order valence-corrected chi connectivity index (χ4v) is 4.39. The molecule has 4 rings (SSSR count). The second-order valence-electron chi connectivity index (χ2n) is 6.69. The number of nitrogens with zero attached hydrogens (tertiary/aromatic N) is 1. The molecule has 2 aliphatic heterocycles. The summed E-state index contributed by atoms with van der Waals surface area (Å²) >= 11 is 4.83. The fraction of sp³-hybridized carbons (Fsp3) is 0.412. The zero-order valence-electron chi connectivity index (χ0n) is 18.1. The van der Waals surface area contributed by atoms with E-state index in [1.165, 1.54) is 13.2 Å². The van der Waals surface area contributed by atoms with Gasteiger partial charge in [0.25, 0.3) is 11.4 Å². The van der Waals surface area contributed by atoms with Crippen LogP contribution in [0, 0.1) is 10.6 Å². The number of methoxy groups -OCH3 is 1. The Bertz CT molecular complexity index is 1280. The number of aromatic amines is 1. The summed E-state index contributed by atoms with van der Waals surface area (Å²) in [5.41, 5.74) is -0.827. The van der Waals surface area contributed by atoms with Gasteiger partial charge in [-0.3, -0.25) is 23.4 Å². The molecule has 0 radical (unpaired) electrons. The Morgan fingerprint density at radius 1 is 1.50 bits per heavy atom. The van der Waals surface area contributed by atoms with Crippen LogP contribution in [0.3, 0.4) is 0 Å². The Hall–Kier alpha value is -2.19. The quantitative estimate of drug-likeness (QED) is 0.414. The van der Waals surface area contributed by atoms with Gasteiger partial charge >= 0.3 is 7.82 Å². The Kier molecular flexibility index (Phi) is 5.30. The average Bonchev–Trinajstić information content (AvgIpc) is 3.00. The predicted molar refractivity (Wildman–Crippen MR) is 104 cm³/mol. The van der Waals surface area contributed by atoms with Crippen LogP contribution >= 0.6 is 20.0 Å². The lowest BCUT2D eigenvalue weighted by molar-refractivity contribution is -0.205. The number of H-pyrrole nitrogens is 1. The summed E-state index contributed by atoms with van der Waals surface area (Å²) < 4.78 is 83.4. The van der Waals surface area contributed by atoms with Crippen molar-refractivity contribution in [2.24, 2.45) is 0 Å². The molecule has 1 unspecified atom stereocenters. The van der Waals surface area contributed by atoms with E-state index in [2.05, 4.69) is 0 Å². The number of halogens is 2. The third-order valence-corrected chi connectivity index (χ3v) is 6.12. The van der Waals surface area contributed by atoms with Crippen molar-refractivity contribution in [1.29, 1.82) is 0 Å². The molecule has 0 saturated carbocycles. The fourth-order valence-electron chi connectivity index (χ4n) is 3.04. The van der Waals surface area contributed by atoms with Crippen LogP contribution in [0.15, 0.2) is 29.2 Å². The third kappa shape index (κ3) is 3.99. The van der Waals surface area contributed by atoms with E-state index in [9.17, 15) is 24.0 Å². The highest BCUT2D eigenvalue weighted by Crippen LogP contribution is 2.57. The summed E-state index contributed by atoms with van der Waals surface area (Å²) in [5.74, 6) is -5.24. The van der Waals surface area contributed by atoms with E-state index >= 15 is 4.39 Å². The molecule has 2 aromatic rings. The van der Waals surface area contributed by atoms with Gasteiger partial charge in [0.15, 0.2) is 22.5 Å². The highest BCUT2D eigenvalue weighted by Gasteiger charge is 2.57. The molecule has 3 heterocycles. The molecular weight excluding hydrogens is 477 g/mol. The number of hydrogen-bond donors (Lipinski definition) is 3. The molecule has 1 saturated heterocycles. The molecule has 174 valence electrons. The number of phosphoric acid groups is 1. The lowest BCUT2D eigenvalue weighted by Crippen LogP contribution is -2.43. The maximum Gasteiger partial charge on any atom is 0.530 e. The Balaban J connectivity index is 1.64. The average molecular weight is 496 g/mol. The molecule has 2 aliphatic rings. The summed E-state index contributed by atoms with van der Waals surface area (Å²) in [6.45, 7) is -4.14. The molecule has 15 heteroatoms. The van der Waals surface area contributed by atoms with E-state index in [0.29, 0.717) is 16.3 Å². The van der Waals surface area contributed by atoms with E-state index in [0.717, 1.165) is 0 Å². The number of hydrogen-bond acceptors (Lipinski definition) is 10. The summed E-state index contributed by atoms with van der Waals surface area (Å²) in [6, 6.07) is 4.59. The minimum absolute atomic E-state index is 0.0934. The molecule has 3 N–H and O–H groups in total. The van der Waals surface area contributed by atoms with Gasteiger partial charge < -0.3 is 24.2 Å². The van der Waals surface area contributed by atoms with Crippen molar-refractivity contribution in [3.8, 4) is 11.5 Å². The van der Waals surface area contributed by atoms with Gasteiger partial charge in [-0.25, -0.2) is 8.96 Å². The number of ether oxygens (including phenoxy) is 2. The zero-order chi connectivity index (χ0) is 25.1. The molecule has 1 aromatic heterocycles. The van der Waals surface area contributed by atoms with Crippen molar-refractivity contribution in [2.75, 3.05) is 13.7 Å². The number of aliphatic hydroxyl groups is 2. The Morgan fingerprint density at radius 3 is 2.97 bits per heavy atom. The first-order valence-corrected chi connectivity index (χ1v) is 10.7. The number of phosphoric ester groups is 1. The minimum Gasteiger partial charge on any atom is -0.493 e. The summed E-state index contributed by atoms with van der Waals surface area (Å²) in [5, 5.41) is 20.6. The van der Waals surface area contributed by atoms with Crippen LogP contribution in [0.2, 0.25) is 0 Å². The molecule has 0 bridgehead atoms. The van der Waals surface area contributed by atoms with E-state index in [4.69, 9.17) is 38.0 Å². The lowest BCUT2D eigenvalue weighted by Gasteiger charge is -2.29. The number of benzene rings is 1. The molecule has 0 aliphatic carbocycles. The zero-order valence-corrected chi connectivity index (χ0v) is 17.8. The molecule has 11 nitrogen and oxygen atoms in total. The molecule has 0 spiro atoms. The minimum atomic E-state index is -4.87. The molecule has 5 atom stereocenters. The van der Waals surface area contributed by atoms with Gasteiger partial charge in [0, 0.05) is 5.56 Å². The van der Waals surface area contributed by atoms with E-state index in [-0.39, 0.29) is 18.1 Å². The highest BCUT2D eigenvalue weighted by atomic mass is 32.1. The first-order chi connectivity index (χ1) is 15.8. The summed E-state index contributed by atoms with van der Waals surface area (Å²) in [7, 11) is -3.57. The predicted octanol–water partition coefficient (Wildman–Crippen LogP) is 1.70. The first kappa shape index (κ1) is 20.4. The van der Waals surface area contributed by atoms with E-state index < -0.39 is 54.8 Å². The van der Waals surface area contributed by atoms with Gasteiger partial charge in [0.2, 0.25) is 5.82 Å². The topological polar surface area (TPSA) is 141 Å². The van der Waals surface area contributed by atoms with Gasteiger partial charge in [-0.05, 0) is 18.3 Å². The second kappa shape index (κ2) is 8.30. The van der Waals surface area contributed by atoms with Crippen molar-refractivity contribution < 1.29 is 49.3 Å². The van der Waals surface area contributed by atoms with E-state index in [1.807, 2.05) is 4.98 Å². The summed E-state index contributed by atoms with van der Waals surface area (Å²) in [4.78, 5) is 13.3. The number of nitrogens with one attached hydrogen (secondary N) is 1. The van der Waals surface area contributed by atoms with Gasteiger partial charge in [-0.2, -0.15) is 4.39 Å². The molecule has 1 aromatic carbocycles. The number of fused-ring (bicyclic) bond motifs is 1. The largest absolute Gasteiger partial charge is 0.530 e. The van der Waals surface area contributed by atoms with Crippen molar-refractivity contribution >= 4 is 20.0 Å². The second-order valence-corrected chi connectivity index (χ2v) is 8.59. The molecular formula is C17H17F2N2O9PS. The third-order valence-electron chi connectivity index (χ3n) is 4.65. The van der Waals surface area contributed by atoms with Crippen LogP contribution in [-0.2, 0) is 25.0 Å². The van der Waals surface area contributed by atoms with Gasteiger partial charge in [0.05, 0.1) is 22.7 Å². The number of rotatable bonds is 5. The lowest BCUT2D eigenvalue weighted by atomic mass is 10.1. The van der Waals surface area contributed by atoms with Gasteiger partial charge in [-0.1, -0.05) is 12.1 Å². The number of aromatic nitrogens is 2. The van der Waals surface area contributed by atoms with E-state index in [1.54, 1.807) is 12.1 Å². The molecule has 32 heavy (non-hydrogen) atoms. The molecule has 1 fully saturated rings. The first-order valence-electron chi connectivity index (χ1n) is 9.86. The Labute approximate surface area is 186 Å². The van der Waals surface area contributed by atoms with Gasteiger partial charge in [-0.15, -0.1) is 0 Å². The van der Waals surface area contributed by atoms with Crippen LogP contribution in [0.5, 0.6) is 11.5 Å². The smallest absolute Gasteiger partial charge is 0.493 e. The maximum atomic E-state index is 15.7. The number of para-hydroxylation sites is 1. The van der Waals surface area contributed by atoms with Crippen LogP contribution in [0.4, 0.5) is 8.78 Å². The standard InChI is InChI=1S/C17H17F2N2O9PS/c1-26-10-4-2-3-8-6-27-31(25,30-12(8)10)28-7-17(19)13(23)11(22)15(29-17)21-5-9(18)14(24)20-16(21)32/h2-5,11,13,15,22-23H,6-7H2,1H3,(H,20,24,32)/t11-,13+,15-,17-,31?/m1/s1/i7D2. The Morgan fingerprint density at radius 2 is 2.25 bits per heavy atom. The highest BCUT2D eigenvalue weighted by molar-refractivity contribution is 7.71. The SMILES string of the molecule is [2H]C([2H])(OP1(=O)OCc2cccc(OC)c2O1)[C@@]1(F)O[C@@H](n2cc(F)c(=O)[nH]c2=S)[C@H](O)[C@@H]1O. The number of aliphatic hydroxyl groups excluding tert-OH is 2. The monoisotopic (exact) mass is 496 g/mol. The maximum absolute atomic E-state index is 15.7. The van der Waals surface area contributed by atoms with Crippen molar-refractivity contribution in [1.82, 2.24) is 9.55 Å². The normalized spacial score (nSPS) is 33.1. The van der Waals surface area contributed by atoms with Crippen molar-refractivity contribution in [3.05, 3.63) is 50.9 Å². The molecule has 0 amide bonds. The van der Waals surface area contributed by atoms with Crippen LogP contribution in [0.25, 0.3) is 0 Å². The van der Waals surface area contributed by atoms with Crippen LogP contribution < -0.4 is 14.8 Å². The number of alkyl halides is 1. The van der Waals surface area contributed by atoms with Gasteiger partial charge in [0.1, 0.15) is 18.8 Å². The van der Waals surface area contributed by atoms with Crippen LogP contribution in [0.1, 0.15) is 14.5 Å².